The molecule has 4 nitrogen and oxygen atoms in total. The van der Waals surface area contributed by atoms with E-state index in [0.717, 1.165) is 12.1 Å². The lowest BCUT2D eigenvalue weighted by atomic mass is 10.1. The van der Waals surface area contributed by atoms with E-state index in [0.29, 0.717) is 12.1 Å². The fourth-order valence-electron chi connectivity index (χ4n) is 3.42. The minimum Gasteiger partial charge on any atom is -0.494 e. The Kier molecular flexibility index (Phi) is 6.60. The first-order valence-electron chi connectivity index (χ1n) is 9.35. The third kappa shape index (κ3) is 5.41. The third-order valence-corrected chi connectivity index (χ3v) is 4.93. The molecule has 2 N–H and O–H groups in total. The second-order valence-electron chi connectivity index (χ2n) is 6.85. The zero-order valence-electron chi connectivity index (χ0n) is 15.6. The molecule has 0 radical (unpaired) electrons. The highest BCUT2D eigenvalue weighted by atomic mass is 19.1. The Morgan fingerprint density at radius 1 is 1.19 bits per heavy atom. The summed E-state index contributed by atoms with van der Waals surface area (Å²) in [6.45, 7) is 3.94. The first-order valence-corrected chi connectivity index (χ1v) is 9.35. The molecule has 3 rings (SSSR count). The first kappa shape index (κ1) is 19.1. The number of methoxy groups -OCH3 is 1. The molecule has 0 saturated carbocycles. The number of benzene rings is 2. The summed E-state index contributed by atoms with van der Waals surface area (Å²) in [4.78, 5) is 13.7. The van der Waals surface area contributed by atoms with Crippen LogP contribution in [0.2, 0.25) is 0 Å². The highest BCUT2D eigenvalue weighted by Gasteiger charge is 2.17. The molecule has 5 heteroatoms. The second kappa shape index (κ2) is 9.33. The molecule has 1 fully saturated rings. The normalized spacial score (nSPS) is 14.6. The largest absolute Gasteiger partial charge is 0.494 e. The van der Waals surface area contributed by atoms with Crippen molar-refractivity contribution in [3.05, 3.63) is 71.0 Å². The van der Waals surface area contributed by atoms with Gasteiger partial charge in [-0.25, -0.2) is 4.39 Å². The molecular weight excluding hydrogens is 343 g/mol. The van der Waals surface area contributed by atoms with Crippen LogP contribution in [0.1, 0.15) is 29.5 Å². The summed E-state index contributed by atoms with van der Waals surface area (Å²) >= 11 is 0. The Hall–Kier alpha value is -2.66. The minimum atomic E-state index is -0.446. The predicted octanol–water partition coefficient (Wildman–Crippen LogP) is 2.34. The number of halogens is 1. The van der Waals surface area contributed by atoms with E-state index in [1.54, 1.807) is 23.1 Å². The Balaban J connectivity index is 1.56. The van der Waals surface area contributed by atoms with Crippen LogP contribution in [-0.4, -0.2) is 26.1 Å². The molecule has 1 saturated heterocycles. The fraction of sp³-hybridized carbons (Fsp3) is 0.318. The second-order valence-corrected chi connectivity index (χ2v) is 6.85. The van der Waals surface area contributed by atoms with Gasteiger partial charge in [0, 0.05) is 31.0 Å². The number of likely N-dealkylation sites (tertiary alicyclic amines) is 1. The van der Waals surface area contributed by atoms with E-state index in [-0.39, 0.29) is 11.7 Å². The Labute approximate surface area is 159 Å². The molecule has 2 aromatic rings. The maximum atomic E-state index is 13.7. The number of ether oxygens (including phenoxy) is 1. The molecule has 0 atom stereocenters. The molecule has 1 aliphatic rings. The van der Waals surface area contributed by atoms with Crippen LogP contribution in [0.4, 0.5) is 4.39 Å². The highest BCUT2D eigenvalue weighted by molar-refractivity contribution is 5.91. The molecule has 0 aliphatic carbocycles. The summed E-state index contributed by atoms with van der Waals surface area (Å²) in [5.41, 5.74) is 3.05. The lowest BCUT2D eigenvalue weighted by Crippen LogP contribution is -3.08. The lowest BCUT2D eigenvalue weighted by molar-refractivity contribution is -0.901. The van der Waals surface area contributed by atoms with E-state index in [9.17, 15) is 9.18 Å². The topological polar surface area (TPSA) is 42.8 Å². The van der Waals surface area contributed by atoms with Crippen LogP contribution in [0.15, 0.2) is 48.5 Å². The zero-order chi connectivity index (χ0) is 19.1. The maximum Gasteiger partial charge on any atom is 0.244 e. The summed E-state index contributed by atoms with van der Waals surface area (Å²) in [6.07, 6.45) is 5.61. The van der Waals surface area contributed by atoms with Gasteiger partial charge in [-0.3, -0.25) is 4.79 Å². The third-order valence-electron chi connectivity index (χ3n) is 4.93. The lowest BCUT2D eigenvalue weighted by Gasteiger charge is -2.15. The molecule has 1 aliphatic heterocycles. The Morgan fingerprint density at radius 2 is 1.93 bits per heavy atom. The predicted molar refractivity (Wildman–Crippen MR) is 104 cm³/mol. The number of amides is 1. The summed E-state index contributed by atoms with van der Waals surface area (Å²) < 4.78 is 18.6. The number of nitrogens with one attached hydrogen (secondary N) is 2. The summed E-state index contributed by atoms with van der Waals surface area (Å²) in [5.74, 6) is -0.457. The molecule has 0 unspecified atom stereocenters. The van der Waals surface area contributed by atoms with Gasteiger partial charge in [0.05, 0.1) is 20.2 Å². The molecule has 1 heterocycles. The van der Waals surface area contributed by atoms with Crippen molar-refractivity contribution in [1.82, 2.24) is 5.32 Å². The van der Waals surface area contributed by atoms with Gasteiger partial charge in [0.2, 0.25) is 5.91 Å². The van der Waals surface area contributed by atoms with E-state index >= 15 is 0 Å². The van der Waals surface area contributed by atoms with Crippen molar-refractivity contribution in [2.24, 2.45) is 0 Å². The Morgan fingerprint density at radius 3 is 2.63 bits per heavy atom. The van der Waals surface area contributed by atoms with Crippen molar-refractivity contribution >= 4 is 12.0 Å². The number of hydrogen-bond donors (Lipinski definition) is 2. The standard InChI is InChI=1S/C22H25FN2O2/c1-27-21-10-8-17(14-20(21)23)9-11-22(26)24-15-18-6-2-3-7-19(18)16-25-12-4-5-13-25/h2-3,6-11,14H,4-5,12-13,15-16H2,1H3,(H,24,26)/p+1/b11-9+. The summed E-state index contributed by atoms with van der Waals surface area (Å²) in [6, 6.07) is 12.9. The van der Waals surface area contributed by atoms with E-state index in [1.807, 2.05) is 12.1 Å². The Bertz CT molecular complexity index is 814. The molecule has 2 aromatic carbocycles. The van der Waals surface area contributed by atoms with Crippen molar-refractivity contribution in [2.75, 3.05) is 20.2 Å². The van der Waals surface area contributed by atoms with Crippen LogP contribution in [0.25, 0.3) is 6.08 Å². The van der Waals surface area contributed by atoms with Crippen molar-refractivity contribution < 1.29 is 18.8 Å². The monoisotopic (exact) mass is 369 g/mol. The summed E-state index contributed by atoms with van der Waals surface area (Å²) in [5, 5.41) is 2.92. The van der Waals surface area contributed by atoms with Gasteiger partial charge in [-0.1, -0.05) is 30.3 Å². The minimum absolute atomic E-state index is 0.188. The van der Waals surface area contributed by atoms with E-state index < -0.39 is 5.82 Å². The number of hydrogen-bond acceptors (Lipinski definition) is 2. The van der Waals surface area contributed by atoms with Crippen LogP contribution in [-0.2, 0) is 17.9 Å². The van der Waals surface area contributed by atoms with Crippen molar-refractivity contribution in [2.45, 2.75) is 25.9 Å². The van der Waals surface area contributed by atoms with Gasteiger partial charge >= 0.3 is 0 Å². The maximum absolute atomic E-state index is 13.7. The van der Waals surface area contributed by atoms with Crippen LogP contribution in [0.3, 0.4) is 0 Å². The van der Waals surface area contributed by atoms with Gasteiger partial charge in [-0.2, -0.15) is 0 Å². The molecule has 0 spiro atoms. The van der Waals surface area contributed by atoms with Crippen LogP contribution in [0, 0.1) is 5.82 Å². The number of quaternary nitrogens is 1. The SMILES string of the molecule is COc1ccc(/C=C/C(=O)NCc2ccccc2C[NH+]2CCCC2)cc1F. The average molecular weight is 369 g/mol. The molecule has 0 bridgehead atoms. The van der Waals surface area contributed by atoms with Gasteiger partial charge in [0.1, 0.15) is 6.54 Å². The van der Waals surface area contributed by atoms with Gasteiger partial charge in [-0.15, -0.1) is 0 Å². The fourth-order valence-corrected chi connectivity index (χ4v) is 3.42. The number of carbonyl (C=O) groups excluding carboxylic acids is 1. The average Bonchev–Trinajstić information content (AvgIpc) is 3.19. The van der Waals surface area contributed by atoms with Crippen molar-refractivity contribution in [1.29, 1.82) is 0 Å². The van der Waals surface area contributed by atoms with Gasteiger partial charge in [0.15, 0.2) is 11.6 Å². The number of rotatable bonds is 7. The molecule has 142 valence electrons. The van der Waals surface area contributed by atoms with Gasteiger partial charge < -0.3 is 15.0 Å². The zero-order valence-corrected chi connectivity index (χ0v) is 15.6. The van der Waals surface area contributed by atoms with E-state index in [4.69, 9.17) is 4.74 Å². The molecule has 1 amide bonds. The quantitative estimate of drug-likeness (QED) is 0.736. The van der Waals surface area contributed by atoms with Crippen molar-refractivity contribution in [3.8, 4) is 5.75 Å². The van der Waals surface area contributed by atoms with Crippen molar-refractivity contribution in [3.63, 3.8) is 0 Å². The molecule has 27 heavy (non-hydrogen) atoms. The van der Waals surface area contributed by atoms with E-state index in [2.05, 4.69) is 17.4 Å². The first-order chi connectivity index (χ1) is 13.2. The highest BCUT2D eigenvalue weighted by Crippen LogP contribution is 2.18. The van der Waals surface area contributed by atoms with Gasteiger partial charge in [-0.05, 0) is 29.3 Å². The molecular formula is C22H26FN2O2+. The van der Waals surface area contributed by atoms with Gasteiger partial charge in [0.25, 0.3) is 0 Å². The smallest absolute Gasteiger partial charge is 0.244 e. The van der Waals surface area contributed by atoms with Crippen LogP contribution in [0.5, 0.6) is 5.75 Å². The van der Waals surface area contributed by atoms with E-state index in [1.165, 1.54) is 50.7 Å². The number of carbonyl (C=O) groups is 1. The van der Waals surface area contributed by atoms with Crippen LogP contribution >= 0.6 is 0 Å². The van der Waals surface area contributed by atoms with Crippen LogP contribution < -0.4 is 15.0 Å². The summed E-state index contributed by atoms with van der Waals surface area (Å²) in [7, 11) is 1.42. The molecule has 0 aromatic heterocycles.